The summed E-state index contributed by atoms with van der Waals surface area (Å²) in [5.41, 5.74) is 1.19. The van der Waals surface area contributed by atoms with Crippen LogP contribution in [0.2, 0.25) is 0 Å². The average molecular weight is 261 g/mol. The third-order valence-electron chi connectivity index (χ3n) is 3.94. The first kappa shape index (κ1) is 14.0. The number of nitrogens with one attached hydrogen (secondary N) is 1. The summed E-state index contributed by atoms with van der Waals surface area (Å²) < 4.78 is 0. The van der Waals surface area contributed by atoms with Gasteiger partial charge in [0.1, 0.15) is 0 Å². The lowest BCUT2D eigenvalue weighted by Gasteiger charge is -2.33. The fraction of sp³-hybridized carbons (Fsp3) is 0.600. The molecular formula is C15H23N3O. The van der Waals surface area contributed by atoms with Crippen LogP contribution in [-0.4, -0.2) is 42.0 Å². The van der Waals surface area contributed by atoms with Crippen LogP contribution in [-0.2, 0) is 4.79 Å². The van der Waals surface area contributed by atoms with Gasteiger partial charge in [-0.05, 0) is 43.5 Å². The molecule has 2 atom stereocenters. The van der Waals surface area contributed by atoms with Crippen LogP contribution in [0.1, 0.15) is 37.7 Å². The van der Waals surface area contributed by atoms with E-state index in [1.165, 1.54) is 12.0 Å². The Labute approximate surface area is 115 Å². The van der Waals surface area contributed by atoms with Gasteiger partial charge in [-0.2, -0.15) is 0 Å². The van der Waals surface area contributed by atoms with E-state index in [2.05, 4.69) is 17.2 Å². The number of likely N-dealkylation sites (N-methyl/N-ethyl adjacent to an activating group) is 1. The van der Waals surface area contributed by atoms with E-state index in [-0.39, 0.29) is 11.8 Å². The quantitative estimate of drug-likeness (QED) is 0.898. The number of amides is 1. The summed E-state index contributed by atoms with van der Waals surface area (Å²) in [6, 6.07) is 4.43. The second-order valence-electron chi connectivity index (χ2n) is 5.35. The zero-order chi connectivity index (χ0) is 13.7. The molecule has 1 aliphatic heterocycles. The number of rotatable bonds is 4. The van der Waals surface area contributed by atoms with Crippen molar-refractivity contribution in [2.24, 2.45) is 0 Å². The Hall–Kier alpha value is -1.42. The first-order chi connectivity index (χ1) is 9.20. The summed E-state index contributed by atoms with van der Waals surface area (Å²) in [6.45, 7) is 3.85. The fourth-order valence-electron chi connectivity index (χ4n) is 2.64. The summed E-state index contributed by atoms with van der Waals surface area (Å²) in [4.78, 5) is 18.3. The molecule has 0 bridgehead atoms. The van der Waals surface area contributed by atoms with Crippen molar-refractivity contribution < 1.29 is 4.79 Å². The molecule has 0 saturated carbocycles. The van der Waals surface area contributed by atoms with Crippen molar-refractivity contribution in [1.29, 1.82) is 0 Å². The van der Waals surface area contributed by atoms with Crippen molar-refractivity contribution in [3.05, 3.63) is 30.1 Å². The van der Waals surface area contributed by atoms with Crippen molar-refractivity contribution in [2.45, 2.75) is 38.1 Å². The van der Waals surface area contributed by atoms with E-state index in [9.17, 15) is 4.79 Å². The number of hydrogen-bond acceptors (Lipinski definition) is 3. The van der Waals surface area contributed by atoms with Gasteiger partial charge in [0.05, 0.1) is 0 Å². The molecular weight excluding hydrogens is 238 g/mol. The molecule has 1 aliphatic rings. The van der Waals surface area contributed by atoms with E-state index in [4.69, 9.17) is 0 Å². The number of piperidine rings is 1. The predicted molar refractivity (Wildman–Crippen MR) is 75.9 cm³/mol. The molecule has 4 nitrogen and oxygen atoms in total. The lowest BCUT2D eigenvalue weighted by atomic mass is 9.97. The van der Waals surface area contributed by atoms with Crippen LogP contribution in [0.3, 0.4) is 0 Å². The molecule has 1 aromatic rings. The Morgan fingerprint density at radius 1 is 1.53 bits per heavy atom. The van der Waals surface area contributed by atoms with Gasteiger partial charge in [-0.3, -0.25) is 9.78 Å². The number of carbonyl (C=O) groups is 1. The van der Waals surface area contributed by atoms with Gasteiger partial charge in [0, 0.05) is 37.9 Å². The zero-order valence-electron chi connectivity index (χ0n) is 11.8. The molecule has 0 radical (unpaired) electrons. The molecule has 104 valence electrons. The van der Waals surface area contributed by atoms with E-state index < -0.39 is 0 Å². The molecule has 0 aromatic carbocycles. The molecule has 1 saturated heterocycles. The summed E-state index contributed by atoms with van der Waals surface area (Å²) in [6.07, 6.45) is 6.42. The highest BCUT2D eigenvalue weighted by Gasteiger charge is 2.23. The third-order valence-corrected chi connectivity index (χ3v) is 3.94. The number of likely N-dealkylation sites (tertiary alicyclic amines) is 1. The fourth-order valence-corrected chi connectivity index (χ4v) is 2.64. The molecule has 1 fully saturated rings. The topological polar surface area (TPSA) is 45.2 Å². The van der Waals surface area contributed by atoms with E-state index >= 15 is 0 Å². The maximum Gasteiger partial charge on any atom is 0.223 e. The minimum atomic E-state index is 0.255. The van der Waals surface area contributed by atoms with Crippen molar-refractivity contribution in [1.82, 2.24) is 15.2 Å². The Morgan fingerprint density at radius 2 is 2.26 bits per heavy atom. The molecule has 2 rings (SSSR count). The molecule has 1 aromatic heterocycles. The second-order valence-corrected chi connectivity index (χ2v) is 5.35. The van der Waals surface area contributed by atoms with Gasteiger partial charge in [-0.15, -0.1) is 0 Å². The summed E-state index contributed by atoms with van der Waals surface area (Å²) >= 11 is 0. The highest BCUT2D eigenvalue weighted by Crippen LogP contribution is 2.20. The molecule has 4 heteroatoms. The van der Waals surface area contributed by atoms with Crippen molar-refractivity contribution in [2.75, 3.05) is 20.1 Å². The van der Waals surface area contributed by atoms with Gasteiger partial charge < -0.3 is 10.2 Å². The predicted octanol–water partition coefficient (Wildman–Crippen LogP) is 1.79. The first-order valence-electron chi connectivity index (χ1n) is 7.05. The van der Waals surface area contributed by atoms with Crippen molar-refractivity contribution >= 4 is 5.91 Å². The van der Waals surface area contributed by atoms with E-state index in [0.29, 0.717) is 12.5 Å². The summed E-state index contributed by atoms with van der Waals surface area (Å²) in [7, 11) is 1.97. The Morgan fingerprint density at radius 3 is 2.95 bits per heavy atom. The summed E-state index contributed by atoms with van der Waals surface area (Å²) in [5, 5.41) is 3.27. The zero-order valence-corrected chi connectivity index (χ0v) is 11.8. The van der Waals surface area contributed by atoms with Crippen LogP contribution in [0.4, 0.5) is 0 Å². The van der Waals surface area contributed by atoms with Gasteiger partial charge in [-0.25, -0.2) is 0 Å². The van der Waals surface area contributed by atoms with Crippen LogP contribution < -0.4 is 5.32 Å². The Kier molecular flexibility index (Phi) is 4.91. The van der Waals surface area contributed by atoms with Gasteiger partial charge in [0.25, 0.3) is 0 Å². The molecule has 1 N–H and O–H groups in total. The van der Waals surface area contributed by atoms with E-state index in [0.717, 1.165) is 19.5 Å². The maximum atomic E-state index is 12.3. The Balaban J connectivity index is 1.90. The standard InChI is InChI=1S/C15H23N3O/c1-12(13-5-7-17-8-6-13)10-15(19)18-9-3-4-14(11-18)16-2/h5-8,12,14,16H,3-4,9-11H2,1-2H3/t12-,14+/m1/s1. The number of pyridine rings is 1. The molecule has 0 unspecified atom stereocenters. The van der Waals surface area contributed by atoms with E-state index in [1.54, 1.807) is 12.4 Å². The van der Waals surface area contributed by atoms with E-state index in [1.807, 2.05) is 24.1 Å². The molecule has 0 spiro atoms. The van der Waals surface area contributed by atoms with Gasteiger partial charge in [-0.1, -0.05) is 6.92 Å². The van der Waals surface area contributed by atoms with Crippen molar-refractivity contribution in [3.8, 4) is 0 Å². The number of aromatic nitrogens is 1. The minimum Gasteiger partial charge on any atom is -0.341 e. The molecule has 0 aliphatic carbocycles. The molecule has 19 heavy (non-hydrogen) atoms. The minimum absolute atomic E-state index is 0.255. The van der Waals surface area contributed by atoms with Gasteiger partial charge in [0.2, 0.25) is 5.91 Å². The smallest absolute Gasteiger partial charge is 0.223 e. The Bertz CT molecular complexity index is 407. The lowest BCUT2D eigenvalue weighted by Crippen LogP contribution is -2.47. The first-order valence-corrected chi connectivity index (χ1v) is 7.05. The highest BCUT2D eigenvalue weighted by atomic mass is 16.2. The number of nitrogens with zero attached hydrogens (tertiary/aromatic N) is 2. The monoisotopic (exact) mass is 261 g/mol. The SMILES string of the molecule is CN[C@H]1CCCN(C(=O)C[C@@H](C)c2ccncc2)C1. The second kappa shape index (κ2) is 6.66. The van der Waals surface area contributed by atoms with Crippen molar-refractivity contribution in [3.63, 3.8) is 0 Å². The molecule has 1 amide bonds. The summed E-state index contributed by atoms with van der Waals surface area (Å²) in [5.74, 6) is 0.523. The number of carbonyl (C=O) groups excluding carboxylic acids is 1. The van der Waals surface area contributed by atoms with Crippen LogP contribution in [0.5, 0.6) is 0 Å². The molecule has 2 heterocycles. The largest absolute Gasteiger partial charge is 0.341 e. The average Bonchev–Trinajstić information content (AvgIpc) is 2.48. The van der Waals surface area contributed by atoms with Crippen LogP contribution in [0.15, 0.2) is 24.5 Å². The van der Waals surface area contributed by atoms with Gasteiger partial charge >= 0.3 is 0 Å². The van der Waals surface area contributed by atoms with Gasteiger partial charge in [0.15, 0.2) is 0 Å². The lowest BCUT2D eigenvalue weighted by molar-refractivity contribution is -0.132. The van der Waals surface area contributed by atoms with Crippen LogP contribution >= 0.6 is 0 Å². The third kappa shape index (κ3) is 3.77. The van der Waals surface area contributed by atoms with Crippen LogP contribution in [0.25, 0.3) is 0 Å². The highest BCUT2D eigenvalue weighted by molar-refractivity contribution is 5.77. The van der Waals surface area contributed by atoms with Crippen LogP contribution in [0, 0.1) is 0 Å². The normalized spacial score (nSPS) is 21.2. The number of hydrogen-bond donors (Lipinski definition) is 1. The maximum absolute atomic E-state index is 12.3.